The maximum absolute atomic E-state index is 6.50. The van der Waals surface area contributed by atoms with Gasteiger partial charge >= 0.3 is 0 Å². The van der Waals surface area contributed by atoms with Gasteiger partial charge in [0.1, 0.15) is 5.58 Å². The van der Waals surface area contributed by atoms with E-state index < -0.39 is 0 Å². The minimum absolute atomic E-state index is 0.903. The zero-order valence-corrected chi connectivity index (χ0v) is 18.1. The van der Waals surface area contributed by atoms with Gasteiger partial charge in [0.25, 0.3) is 0 Å². The van der Waals surface area contributed by atoms with Crippen LogP contribution < -0.4 is 0 Å². The lowest BCUT2D eigenvalue weighted by molar-refractivity contribution is 0.671. The number of rotatable bonds is 1. The number of hydrogen-bond donors (Lipinski definition) is 0. The molecule has 0 N–H and O–H groups in total. The summed E-state index contributed by atoms with van der Waals surface area (Å²) >= 11 is 3.85. The average molecular weight is 462 g/mol. The Kier molecular flexibility index (Phi) is 3.44. The van der Waals surface area contributed by atoms with Gasteiger partial charge < -0.3 is 8.98 Å². The molecule has 0 unspecified atom stereocenters. The standard InChI is InChI=1S/C28H16BrNO/c29-23-16-22-20-15-14-17-8-4-5-11-19(17)26(20)30(18-9-2-1-3-10-18)27(22)28-25(23)21-12-6-7-13-24(21)31-28/h1-16H. The Morgan fingerprint density at radius 1 is 0.613 bits per heavy atom. The molecule has 3 heteroatoms. The maximum atomic E-state index is 6.50. The second-order valence-electron chi connectivity index (χ2n) is 7.91. The van der Waals surface area contributed by atoms with Crippen LogP contribution in [0.5, 0.6) is 0 Å². The normalized spacial score (nSPS) is 12.0. The summed E-state index contributed by atoms with van der Waals surface area (Å²) in [6.07, 6.45) is 0. The maximum Gasteiger partial charge on any atom is 0.161 e. The van der Waals surface area contributed by atoms with Crippen molar-refractivity contribution in [2.24, 2.45) is 0 Å². The molecule has 0 bridgehead atoms. The van der Waals surface area contributed by atoms with E-state index in [1.165, 1.54) is 27.1 Å². The molecule has 31 heavy (non-hydrogen) atoms. The van der Waals surface area contributed by atoms with E-state index in [1.807, 2.05) is 12.1 Å². The molecule has 0 saturated carbocycles. The summed E-state index contributed by atoms with van der Waals surface area (Å²) in [5.74, 6) is 0. The fourth-order valence-electron chi connectivity index (χ4n) is 4.93. The second-order valence-corrected chi connectivity index (χ2v) is 8.77. The van der Waals surface area contributed by atoms with Gasteiger partial charge in [-0.25, -0.2) is 0 Å². The van der Waals surface area contributed by atoms with E-state index in [4.69, 9.17) is 4.42 Å². The molecule has 2 heterocycles. The summed E-state index contributed by atoms with van der Waals surface area (Å²) in [6.45, 7) is 0. The summed E-state index contributed by atoms with van der Waals surface area (Å²) in [5.41, 5.74) is 5.25. The number of furan rings is 1. The highest BCUT2D eigenvalue weighted by Gasteiger charge is 2.22. The van der Waals surface area contributed by atoms with E-state index in [9.17, 15) is 0 Å². The lowest BCUT2D eigenvalue weighted by atomic mass is 10.0. The number of fused-ring (bicyclic) bond motifs is 9. The molecule has 0 amide bonds. The minimum Gasteiger partial charge on any atom is -0.454 e. The number of para-hydroxylation sites is 2. The van der Waals surface area contributed by atoms with E-state index in [0.717, 1.165) is 37.6 Å². The molecule has 0 spiro atoms. The molecule has 0 radical (unpaired) electrons. The molecule has 2 aromatic heterocycles. The van der Waals surface area contributed by atoms with Crippen molar-refractivity contribution in [3.05, 3.63) is 102 Å². The molecule has 0 fully saturated rings. The average Bonchev–Trinajstić information content (AvgIpc) is 3.36. The molecule has 0 aliphatic carbocycles. The molecule has 7 aromatic rings. The van der Waals surface area contributed by atoms with E-state index in [1.54, 1.807) is 0 Å². The van der Waals surface area contributed by atoms with Crippen LogP contribution in [0.1, 0.15) is 0 Å². The van der Waals surface area contributed by atoms with E-state index in [-0.39, 0.29) is 0 Å². The predicted octanol–water partition coefficient (Wildman–Crippen LogP) is 8.60. The van der Waals surface area contributed by atoms with Crippen LogP contribution in [-0.2, 0) is 0 Å². The molecule has 5 aromatic carbocycles. The molecule has 0 saturated heterocycles. The fraction of sp³-hybridized carbons (Fsp3) is 0. The Bertz CT molecular complexity index is 1790. The van der Waals surface area contributed by atoms with Crippen LogP contribution in [-0.4, -0.2) is 4.57 Å². The van der Waals surface area contributed by atoms with Crippen molar-refractivity contribution in [1.29, 1.82) is 0 Å². The van der Waals surface area contributed by atoms with Gasteiger partial charge in [-0.05, 0) is 45.6 Å². The Labute approximate surface area is 186 Å². The van der Waals surface area contributed by atoms with Crippen LogP contribution in [0.2, 0.25) is 0 Å². The van der Waals surface area contributed by atoms with Crippen molar-refractivity contribution in [2.45, 2.75) is 0 Å². The van der Waals surface area contributed by atoms with Crippen LogP contribution in [0.25, 0.3) is 60.2 Å². The van der Waals surface area contributed by atoms with Crippen LogP contribution in [0.15, 0.2) is 106 Å². The van der Waals surface area contributed by atoms with Gasteiger partial charge in [0.2, 0.25) is 0 Å². The molecule has 0 aliphatic rings. The molecule has 2 nitrogen and oxygen atoms in total. The Morgan fingerprint density at radius 3 is 2.23 bits per heavy atom. The topological polar surface area (TPSA) is 18.1 Å². The molecule has 0 atom stereocenters. The van der Waals surface area contributed by atoms with Gasteiger partial charge in [0, 0.05) is 37.1 Å². The largest absolute Gasteiger partial charge is 0.454 e. The van der Waals surface area contributed by atoms with E-state index in [0.29, 0.717) is 0 Å². The highest BCUT2D eigenvalue weighted by atomic mass is 79.9. The van der Waals surface area contributed by atoms with Crippen molar-refractivity contribution >= 4 is 70.4 Å². The first-order valence-electron chi connectivity index (χ1n) is 10.3. The smallest absolute Gasteiger partial charge is 0.161 e. The number of benzene rings is 5. The summed E-state index contributed by atoms with van der Waals surface area (Å²) in [5, 5.41) is 7.12. The van der Waals surface area contributed by atoms with Gasteiger partial charge in [-0.15, -0.1) is 0 Å². The van der Waals surface area contributed by atoms with E-state index >= 15 is 0 Å². The van der Waals surface area contributed by atoms with Crippen molar-refractivity contribution in [1.82, 2.24) is 4.57 Å². The number of hydrogen-bond acceptors (Lipinski definition) is 1. The molecule has 0 aliphatic heterocycles. The number of aromatic nitrogens is 1. The molecule has 7 rings (SSSR count). The first kappa shape index (κ1) is 17.2. The predicted molar refractivity (Wildman–Crippen MR) is 133 cm³/mol. The first-order chi connectivity index (χ1) is 15.3. The summed E-state index contributed by atoms with van der Waals surface area (Å²) in [4.78, 5) is 0. The summed E-state index contributed by atoms with van der Waals surface area (Å²) in [6, 6.07) is 34.1. The van der Waals surface area contributed by atoms with Gasteiger partial charge in [-0.1, -0.05) is 72.8 Å². The van der Waals surface area contributed by atoms with Crippen molar-refractivity contribution < 1.29 is 4.42 Å². The lowest BCUT2D eigenvalue weighted by Crippen LogP contribution is -1.94. The quantitative estimate of drug-likeness (QED) is 0.239. The van der Waals surface area contributed by atoms with Gasteiger partial charge in [-0.3, -0.25) is 0 Å². The zero-order valence-electron chi connectivity index (χ0n) is 16.5. The summed E-state index contributed by atoms with van der Waals surface area (Å²) in [7, 11) is 0. The number of nitrogens with zero attached hydrogens (tertiary/aromatic N) is 1. The fourth-order valence-corrected chi connectivity index (χ4v) is 5.55. The van der Waals surface area contributed by atoms with Crippen molar-refractivity contribution in [2.75, 3.05) is 0 Å². The van der Waals surface area contributed by atoms with Crippen LogP contribution in [0.3, 0.4) is 0 Å². The third kappa shape index (κ3) is 2.27. The van der Waals surface area contributed by atoms with Gasteiger partial charge in [0.05, 0.1) is 11.0 Å². The van der Waals surface area contributed by atoms with Crippen molar-refractivity contribution in [3.8, 4) is 5.69 Å². The third-order valence-corrected chi connectivity index (χ3v) is 6.85. The monoisotopic (exact) mass is 461 g/mol. The van der Waals surface area contributed by atoms with Crippen LogP contribution in [0.4, 0.5) is 0 Å². The van der Waals surface area contributed by atoms with E-state index in [2.05, 4.69) is 105 Å². The lowest BCUT2D eigenvalue weighted by Gasteiger charge is -2.10. The highest BCUT2D eigenvalue weighted by Crippen LogP contribution is 2.44. The Morgan fingerprint density at radius 2 is 1.35 bits per heavy atom. The number of halogens is 1. The van der Waals surface area contributed by atoms with Gasteiger partial charge in [-0.2, -0.15) is 0 Å². The second kappa shape index (κ2) is 6.22. The Hall–Kier alpha value is -3.56. The van der Waals surface area contributed by atoms with Crippen LogP contribution >= 0.6 is 15.9 Å². The Balaban J connectivity index is 1.84. The van der Waals surface area contributed by atoms with Crippen LogP contribution in [0, 0.1) is 0 Å². The summed E-state index contributed by atoms with van der Waals surface area (Å²) < 4.78 is 9.92. The molecule has 146 valence electrons. The SMILES string of the molecule is Brc1cc2c3ccc4ccccc4c3n(-c3ccccc3)c2c2oc3ccccc3c12. The molecular weight excluding hydrogens is 446 g/mol. The minimum atomic E-state index is 0.903. The highest BCUT2D eigenvalue weighted by molar-refractivity contribution is 9.10. The first-order valence-corrected chi connectivity index (χ1v) is 11.1. The van der Waals surface area contributed by atoms with Crippen molar-refractivity contribution in [3.63, 3.8) is 0 Å². The van der Waals surface area contributed by atoms with Gasteiger partial charge in [0.15, 0.2) is 5.58 Å². The molecular formula is C28H16BrNO. The third-order valence-electron chi connectivity index (χ3n) is 6.23. The zero-order chi connectivity index (χ0) is 20.5.